The molecular formula is C20H17F3N4O5S. The monoisotopic (exact) mass is 482 g/mol. The lowest BCUT2D eigenvalue weighted by Crippen LogP contribution is -2.36. The number of primary amides is 1. The van der Waals surface area contributed by atoms with Crippen molar-refractivity contribution in [3.8, 4) is 23.3 Å². The van der Waals surface area contributed by atoms with E-state index in [4.69, 9.17) is 23.2 Å². The number of amides is 3. The highest BCUT2D eigenvalue weighted by molar-refractivity contribution is 7.80. The SMILES string of the molecule is N#CCNC(=O)C(Cc1ccc(O)cc1)c1ccc(OC(F)(F)F)c(O)c1C(=S)NC(N)=O. The van der Waals surface area contributed by atoms with Gasteiger partial charge in [0.25, 0.3) is 0 Å². The number of phenols is 2. The molecule has 0 fully saturated rings. The molecule has 0 radical (unpaired) electrons. The van der Waals surface area contributed by atoms with E-state index in [1.807, 2.05) is 5.32 Å². The molecule has 0 heterocycles. The minimum atomic E-state index is -5.15. The predicted molar refractivity (Wildman–Crippen MR) is 112 cm³/mol. The molecule has 9 nitrogen and oxygen atoms in total. The number of nitriles is 1. The van der Waals surface area contributed by atoms with Gasteiger partial charge in [-0.25, -0.2) is 4.79 Å². The van der Waals surface area contributed by atoms with Crippen LogP contribution in [0.3, 0.4) is 0 Å². The lowest BCUT2D eigenvalue weighted by atomic mass is 9.87. The molecule has 1 atom stereocenters. The number of nitrogens with one attached hydrogen (secondary N) is 2. The summed E-state index contributed by atoms with van der Waals surface area (Å²) in [7, 11) is 0. The first-order valence-electron chi connectivity index (χ1n) is 9.08. The van der Waals surface area contributed by atoms with Crippen LogP contribution in [0.25, 0.3) is 0 Å². The maximum Gasteiger partial charge on any atom is 0.573 e. The Morgan fingerprint density at radius 1 is 1.18 bits per heavy atom. The number of urea groups is 1. The third-order valence-electron chi connectivity index (χ3n) is 4.27. The quantitative estimate of drug-likeness (QED) is 0.299. The number of ether oxygens (including phenoxy) is 1. The van der Waals surface area contributed by atoms with Crippen molar-refractivity contribution in [2.24, 2.45) is 5.73 Å². The maximum absolute atomic E-state index is 12.8. The van der Waals surface area contributed by atoms with E-state index in [0.29, 0.717) is 5.56 Å². The maximum atomic E-state index is 12.8. The van der Waals surface area contributed by atoms with Gasteiger partial charge < -0.3 is 26.0 Å². The van der Waals surface area contributed by atoms with E-state index in [1.54, 1.807) is 6.07 Å². The highest BCUT2D eigenvalue weighted by atomic mass is 32.1. The van der Waals surface area contributed by atoms with E-state index < -0.39 is 46.3 Å². The van der Waals surface area contributed by atoms with Gasteiger partial charge >= 0.3 is 12.4 Å². The van der Waals surface area contributed by atoms with Gasteiger partial charge in [-0.05, 0) is 35.7 Å². The first kappa shape index (κ1) is 25.2. The fourth-order valence-electron chi connectivity index (χ4n) is 2.96. The van der Waals surface area contributed by atoms with Gasteiger partial charge in [0.2, 0.25) is 5.91 Å². The van der Waals surface area contributed by atoms with Gasteiger partial charge in [-0.2, -0.15) is 5.26 Å². The molecule has 174 valence electrons. The molecule has 2 rings (SSSR count). The van der Waals surface area contributed by atoms with Crippen molar-refractivity contribution in [3.63, 3.8) is 0 Å². The van der Waals surface area contributed by atoms with Gasteiger partial charge in [0.05, 0.1) is 17.6 Å². The fourth-order valence-corrected chi connectivity index (χ4v) is 3.27. The van der Waals surface area contributed by atoms with Gasteiger partial charge in [-0.3, -0.25) is 10.1 Å². The molecule has 0 aliphatic carbocycles. The highest BCUT2D eigenvalue weighted by Gasteiger charge is 2.35. The number of rotatable bonds is 7. The second-order valence-electron chi connectivity index (χ2n) is 6.54. The first-order chi connectivity index (χ1) is 15.4. The molecule has 2 aromatic carbocycles. The Hall–Kier alpha value is -4.05. The van der Waals surface area contributed by atoms with Crippen LogP contribution in [0.1, 0.15) is 22.6 Å². The Kier molecular flexibility index (Phi) is 8.03. The van der Waals surface area contributed by atoms with Crippen LogP contribution in [-0.2, 0) is 11.2 Å². The van der Waals surface area contributed by atoms with Gasteiger partial charge in [0.1, 0.15) is 17.3 Å². The molecule has 0 aromatic heterocycles. The smallest absolute Gasteiger partial charge is 0.508 e. The number of phenolic OH excluding ortho intramolecular Hbond substituents is 2. The zero-order chi connectivity index (χ0) is 24.8. The van der Waals surface area contributed by atoms with Crippen molar-refractivity contribution < 1.29 is 37.7 Å². The second kappa shape index (κ2) is 10.5. The number of nitrogens with zero attached hydrogens (tertiary/aromatic N) is 1. The van der Waals surface area contributed by atoms with Crippen molar-refractivity contribution in [1.82, 2.24) is 10.6 Å². The average molecular weight is 482 g/mol. The molecule has 2 aromatic rings. The molecule has 0 bridgehead atoms. The van der Waals surface area contributed by atoms with Crippen molar-refractivity contribution in [2.75, 3.05) is 6.54 Å². The minimum absolute atomic E-state index is 0.0388. The zero-order valence-electron chi connectivity index (χ0n) is 16.6. The fraction of sp³-hybridized carbons (Fsp3) is 0.200. The third-order valence-corrected chi connectivity index (χ3v) is 4.58. The van der Waals surface area contributed by atoms with Gasteiger partial charge in [-0.1, -0.05) is 30.4 Å². The summed E-state index contributed by atoms with van der Waals surface area (Å²) in [6, 6.07) is 8.15. The summed E-state index contributed by atoms with van der Waals surface area (Å²) >= 11 is 5.02. The number of hydrogen-bond donors (Lipinski definition) is 5. The molecule has 6 N–H and O–H groups in total. The minimum Gasteiger partial charge on any atom is -0.508 e. The van der Waals surface area contributed by atoms with E-state index in [-0.39, 0.29) is 24.3 Å². The van der Waals surface area contributed by atoms with Crippen molar-refractivity contribution in [2.45, 2.75) is 18.7 Å². The Balaban J connectivity index is 2.65. The van der Waals surface area contributed by atoms with Gasteiger partial charge in [0, 0.05) is 0 Å². The summed E-state index contributed by atoms with van der Waals surface area (Å²) in [4.78, 5) is 23.6. The Labute approximate surface area is 190 Å². The van der Waals surface area contributed by atoms with Gasteiger partial charge in [0.15, 0.2) is 11.5 Å². The predicted octanol–water partition coefficient (Wildman–Crippen LogP) is 2.31. The normalized spacial score (nSPS) is 11.7. The molecule has 0 saturated heterocycles. The first-order valence-corrected chi connectivity index (χ1v) is 9.48. The van der Waals surface area contributed by atoms with Crippen LogP contribution in [0, 0.1) is 11.3 Å². The van der Waals surface area contributed by atoms with E-state index in [2.05, 4.69) is 10.1 Å². The molecule has 13 heteroatoms. The summed E-state index contributed by atoms with van der Waals surface area (Å²) in [6.07, 6.45) is -5.22. The molecular weight excluding hydrogens is 465 g/mol. The number of benzene rings is 2. The van der Waals surface area contributed by atoms with E-state index in [0.717, 1.165) is 12.1 Å². The van der Waals surface area contributed by atoms with Crippen LogP contribution in [0.2, 0.25) is 0 Å². The number of carbonyl (C=O) groups excluding carboxylic acids is 2. The second-order valence-corrected chi connectivity index (χ2v) is 6.95. The van der Waals surface area contributed by atoms with Crippen LogP contribution >= 0.6 is 12.2 Å². The molecule has 0 saturated carbocycles. The van der Waals surface area contributed by atoms with Crippen molar-refractivity contribution in [1.29, 1.82) is 5.26 Å². The summed E-state index contributed by atoms with van der Waals surface area (Å²) in [5.41, 5.74) is 5.02. The molecule has 1 unspecified atom stereocenters. The average Bonchev–Trinajstić information content (AvgIpc) is 2.71. The van der Waals surface area contributed by atoms with Crippen LogP contribution in [0.5, 0.6) is 17.2 Å². The lowest BCUT2D eigenvalue weighted by molar-refractivity contribution is -0.275. The van der Waals surface area contributed by atoms with Crippen molar-refractivity contribution in [3.05, 3.63) is 53.1 Å². The summed E-state index contributed by atoms with van der Waals surface area (Å²) in [6.45, 7) is -0.370. The highest BCUT2D eigenvalue weighted by Crippen LogP contribution is 2.39. The molecule has 3 amide bonds. The topological polar surface area (TPSA) is 158 Å². The molecule has 0 aliphatic rings. The summed E-state index contributed by atoms with van der Waals surface area (Å²) < 4.78 is 42.0. The zero-order valence-corrected chi connectivity index (χ0v) is 17.5. The Morgan fingerprint density at radius 2 is 1.82 bits per heavy atom. The number of halogens is 3. The van der Waals surface area contributed by atoms with Crippen LogP contribution < -0.4 is 21.1 Å². The lowest BCUT2D eigenvalue weighted by Gasteiger charge is -2.22. The number of thiocarbonyl (C=S) groups is 1. The summed E-state index contributed by atoms with van der Waals surface area (Å²) in [5, 5.41) is 33.1. The van der Waals surface area contributed by atoms with E-state index in [1.165, 1.54) is 24.3 Å². The third kappa shape index (κ3) is 6.97. The van der Waals surface area contributed by atoms with E-state index in [9.17, 15) is 33.0 Å². The number of nitrogens with two attached hydrogens (primary N) is 1. The van der Waals surface area contributed by atoms with E-state index >= 15 is 0 Å². The largest absolute Gasteiger partial charge is 0.573 e. The van der Waals surface area contributed by atoms with Crippen LogP contribution in [-0.4, -0.2) is 40.0 Å². The van der Waals surface area contributed by atoms with Crippen LogP contribution in [0.15, 0.2) is 36.4 Å². The number of aromatic hydroxyl groups is 2. The standard InChI is InChI=1S/C20H17F3N4O5S/c21-20(22,23)32-14-6-5-12(15(16(14)29)18(33)27-19(25)31)13(17(30)26-8-7-24)9-10-1-3-11(28)4-2-10/h1-6,13,28-29H,8-9H2,(H,26,30)(H3,25,27,31,33). The van der Waals surface area contributed by atoms with Gasteiger partial charge in [-0.15, -0.1) is 13.2 Å². The van der Waals surface area contributed by atoms with Crippen molar-refractivity contribution >= 4 is 29.1 Å². The number of alkyl halides is 3. The number of carbonyl (C=O) groups is 2. The Bertz CT molecular complexity index is 1100. The van der Waals surface area contributed by atoms with Crippen LogP contribution in [0.4, 0.5) is 18.0 Å². The summed E-state index contributed by atoms with van der Waals surface area (Å²) in [5.74, 6) is -4.03. The molecule has 0 spiro atoms. The number of hydrogen-bond acceptors (Lipinski definition) is 7. The molecule has 33 heavy (non-hydrogen) atoms. The molecule has 0 aliphatic heterocycles. The Morgan fingerprint density at radius 3 is 2.36 bits per heavy atom.